The lowest BCUT2D eigenvalue weighted by Crippen LogP contribution is -2.43. The SMILES string of the molecule is CC1CN(c2ccccc2)c2nc3c(c(=O)n(CC(N)=O)c(=O)n3C)n2C1. The quantitative estimate of drug-likeness (QED) is 0.709. The van der Waals surface area contributed by atoms with Crippen molar-refractivity contribution in [1.82, 2.24) is 18.7 Å². The van der Waals surface area contributed by atoms with E-state index in [0.29, 0.717) is 23.7 Å². The lowest BCUT2D eigenvalue weighted by molar-refractivity contribution is -0.118. The molecule has 0 bridgehead atoms. The van der Waals surface area contributed by atoms with Crippen LogP contribution < -0.4 is 21.9 Å². The van der Waals surface area contributed by atoms with Crippen LogP contribution in [0.2, 0.25) is 0 Å². The Kier molecular flexibility index (Phi) is 3.87. The van der Waals surface area contributed by atoms with Gasteiger partial charge < -0.3 is 15.2 Å². The maximum atomic E-state index is 13.0. The third-order valence-electron chi connectivity index (χ3n) is 4.82. The second-order valence-corrected chi connectivity index (χ2v) is 6.95. The molecule has 9 heteroatoms. The molecule has 0 radical (unpaired) electrons. The highest BCUT2D eigenvalue weighted by molar-refractivity contribution is 5.78. The van der Waals surface area contributed by atoms with Crippen LogP contribution in [0.15, 0.2) is 39.9 Å². The number of rotatable bonds is 3. The molecular weight excluding hydrogens is 348 g/mol. The van der Waals surface area contributed by atoms with Crippen molar-refractivity contribution in [3.05, 3.63) is 51.2 Å². The van der Waals surface area contributed by atoms with Gasteiger partial charge in [-0.3, -0.25) is 14.2 Å². The zero-order valence-corrected chi connectivity index (χ0v) is 15.1. The van der Waals surface area contributed by atoms with Gasteiger partial charge >= 0.3 is 5.69 Å². The van der Waals surface area contributed by atoms with E-state index in [1.54, 1.807) is 0 Å². The molecule has 0 spiro atoms. The van der Waals surface area contributed by atoms with Gasteiger partial charge in [-0.05, 0) is 18.1 Å². The van der Waals surface area contributed by atoms with Crippen molar-refractivity contribution >= 4 is 28.7 Å². The van der Waals surface area contributed by atoms with Crippen molar-refractivity contribution in [1.29, 1.82) is 0 Å². The summed E-state index contributed by atoms with van der Waals surface area (Å²) in [4.78, 5) is 43.5. The minimum absolute atomic E-state index is 0.260. The summed E-state index contributed by atoms with van der Waals surface area (Å²) >= 11 is 0. The number of carbonyl (C=O) groups excluding carboxylic acids is 1. The van der Waals surface area contributed by atoms with Gasteiger partial charge in [-0.15, -0.1) is 0 Å². The first-order chi connectivity index (χ1) is 12.9. The number of hydrogen-bond acceptors (Lipinski definition) is 5. The smallest absolute Gasteiger partial charge is 0.332 e. The first-order valence-corrected chi connectivity index (χ1v) is 8.69. The summed E-state index contributed by atoms with van der Waals surface area (Å²) in [6.45, 7) is 2.98. The van der Waals surface area contributed by atoms with E-state index in [0.717, 1.165) is 16.8 Å². The Balaban J connectivity index is 2.03. The number of fused-ring (bicyclic) bond motifs is 3. The van der Waals surface area contributed by atoms with E-state index in [9.17, 15) is 14.4 Å². The second kappa shape index (κ2) is 6.11. The fraction of sp³-hybridized carbons (Fsp3) is 0.333. The molecule has 9 nitrogen and oxygen atoms in total. The zero-order valence-electron chi connectivity index (χ0n) is 15.1. The van der Waals surface area contributed by atoms with Gasteiger partial charge in [-0.25, -0.2) is 9.36 Å². The number of hydrogen-bond donors (Lipinski definition) is 1. The van der Waals surface area contributed by atoms with E-state index in [-0.39, 0.29) is 5.92 Å². The maximum Gasteiger partial charge on any atom is 0.332 e. The molecule has 1 amide bonds. The molecule has 3 heterocycles. The lowest BCUT2D eigenvalue weighted by Gasteiger charge is -2.32. The number of primary amides is 1. The molecule has 1 unspecified atom stereocenters. The average molecular weight is 368 g/mol. The fourth-order valence-corrected chi connectivity index (χ4v) is 3.63. The number of imidazole rings is 1. The Morgan fingerprint density at radius 1 is 1.22 bits per heavy atom. The number of aromatic nitrogens is 4. The van der Waals surface area contributed by atoms with Gasteiger partial charge in [0.25, 0.3) is 5.56 Å². The van der Waals surface area contributed by atoms with E-state index in [4.69, 9.17) is 5.73 Å². The van der Waals surface area contributed by atoms with Crippen molar-refractivity contribution in [3.63, 3.8) is 0 Å². The number of anilines is 2. The standard InChI is InChI=1S/C18H20N6O3/c1-11-8-22(12-6-4-3-5-7-12)17-20-15-14(23(17)9-11)16(26)24(10-13(19)25)18(27)21(15)2/h3-7,11H,8-10H2,1-2H3,(H2,19,25). The number of benzene rings is 1. The summed E-state index contributed by atoms with van der Waals surface area (Å²) in [5, 5.41) is 0. The first kappa shape index (κ1) is 17.1. The van der Waals surface area contributed by atoms with Gasteiger partial charge in [0, 0.05) is 25.8 Å². The van der Waals surface area contributed by atoms with Gasteiger partial charge in [-0.1, -0.05) is 25.1 Å². The van der Waals surface area contributed by atoms with Crippen LogP contribution >= 0.6 is 0 Å². The first-order valence-electron chi connectivity index (χ1n) is 8.69. The molecule has 4 rings (SSSR count). The Bertz CT molecular complexity index is 1160. The molecule has 1 atom stereocenters. The Morgan fingerprint density at radius 3 is 2.59 bits per heavy atom. The summed E-state index contributed by atoms with van der Waals surface area (Å²) in [6.07, 6.45) is 0. The number of nitrogens with two attached hydrogens (primary N) is 1. The molecule has 1 aliphatic heterocycles. The van der Waals surface area contributed by atoms with Gasteiger partial charge in [0.05, 0.1) is 0 Å². The summed E-state index contributed by atoms with van der Waals surface area (Å²) in [7, 11) is 1.54. The largest absolute Gasteiger partial charge is 0.368 e. The Labute approximate surface area is 154 Å². The molecule has 2 aromatic heterocycles. The van der Waals surface area contributed by atoms with Crippen LogP contribution in [0, 0.1) is 5.92 Å². The van der Waals surface area contributed by atoms with Crippen LogP contribution in [0.4, 0.5) is 11.6 Å². The van der Waals surface area contributed by atoms with Gasteiger partial charge in [-0.2, -0.15) is 4.98 Å². The van der Waals surface area contributed by atoms with E-state index in [1.165, 1.54) is 11.6 Å². The third-order valence-corrected chi connectivity index (χ3v) is 4.82. The van der Waals surface area contributed by atoms with Crippen molar-refractivity contribution in [2.75, 3.05) is 11.4 Å². The molecule has 1 aliphatic rings. The highest BCUT2D eigenvalue weighted by atomic mass is 16.2. The van der Waals surface area contributed by atoms with Crippen molar-refractivity contribution in [3.8, 4) is 0 Å². The summed E-state index contributed by atoms with van der Waals surface area (Å²) < 4.78 is 3.99. The van der Waals surface area contributed by atoms with Crippen LogP contribution in [0.3, 0.4) is 0 Å². The minimum Gasteiger partial charge on any atom is -0.368 e. The molecule has 0 aliphatic carbocycles. The number of amides is 1. The van der Waals surface area contributed by atoms with Crippen LogP contribution in [-0.2, 0) is 24.9 Å². The topological polar surface area (TPSA) is 108 Å². The maximum absolute atomic E-state index is 13.0. The highest BCUT2D eigenvalue weighted by Crippen LogP contribution is 2.32. The number of para-hydroxylation sites is 1. The molecule has 0 fully saturated rings. The summed E-state index contributed by atoms with van der Waals surface area (Å²) in [5.74, 6) is 0.126. The van der Waals surface area contributed by atoms with Crippen LogP contribution in [-0.4, -0.2) is 31.1 Å². The number of nitrogens with zero attached hydrogens (tertiary/aromatic N) is 5. The molecule has 3 aromatic rings. The summed E-state index contributed by atoms with van der Waals surface area (Å²) in [6, 6.07) is 9.78. The fourth-order valence-electron chi connectivity index (χ4n) is 3.63. The zero-order chi connectivity index (χ0) is 19.3. The van der Waals surface area contributed by atoms with Crippen LogP contribution in [0.5, 0.6) is 0 Å². The van der Waals surface area contributed by atoms with Crippen molar-refractivity contribution in [2.24, 2.45) is 18.7 Å². The second-order valence-electron chi connectivity index (χ2n) is 6.95. The Hall–Kier alpha value is -3.36. The van der Waals surface area contributed by atoms with E-state index >= 15 is 0 Å². The van der Waals surface area contributed by atoms with Gasteiger partial charge in [0.1, 0.15) is 6.54 Å². The lowest BCUT2D eigenvalue weighted by atomic mass is 10.1. The molecule has 2 N–H and O–H groups in total. The monoisotopic (exact) mass is 368 g/mol. The number of aryl methyl sites for hydroxylation is 1. The molecule has 0 saturated carbocycles. The minimum atomic E-state index is -0.744. The average Bonchev–Trinajstić information content (AvgIpc) is 3.03. The Morgan fingerprint density at radius 2 is 1.93 bits per heavy atom. The van der Waals surface area contributed by atoms with E-state index in [2.05, 4.69) is 11.9 Å². The predicted molar refractivity (Wildman–Crippen MR) is 101 cm³/mol. The van der Waals surface area contributed by atoms with Crippen molar-refractivity contribution < 1.29 is 4.79 Å². The van der Waals surface area contributed by atoms with Crippen molar-refractivity contribution in [2.45, 2.75) is 20.0 Å². The molecule has 140 valence electrons. The summed E-state index contributed by atoms with van der Waals surface area (Å²) in [5.41, 5.74) is 5.62. The van der Waals surface area contributed by atoms with E-state index in [1.807, 2.05) is 39.8 Å². The normalized spacial score (nSPS) is 16.5. The molecule has 1 aromatic carbocycles. The van der Waals surface area contributed by atoms with Crippen LogP contribution in [0.25, 0.3) is 11.2 Å². The molecule has 0 saturated heterocycles. The third kappa shape index (κ3) is 2.62. The molecular formula is C18H20N6O3. The predicted octanol–water partition coefficient (Wildman–Crippen LogP) is 0.170. The van der Waals surface area contributed by atoms with Gasteiger partial charge in [0.15, 0.2) is 11.2 Å². The van der Waals surface area contributed by atoms with Gasteiger partial charge in [0.2, 0.25) is 11.9 Å². The number of carbonyl (C=O) groups is 1. The molecule has 27 heavy (non-hydrogen) atoms. The van der Waals surface area contributed by atoms with E-state index < -0.39 is 23.7 Å². The highest BCUT2D eigenvalue weighted by Gasteiger charge is 2.29. The van der Waals surface area contributed by atoms with Crippen LogP contribution in [0.1, 0.15) is 6.92 Å².